The molecule has 0 N–H and O–H groups in total. The molecule has 136 valence electrons. The van der Waals surface area contributed by atoms with Crippen LogP contribution in [0, 0.1) is 0 Å². The maximum atomic E-state index is 12.4. The average Bonchev–Trinajstić information content (AvgIpc) is 2.77. The Morgan fingerprint density at radius 3 is 2.00 bits per heavy atom. The zero-order chi connectivity index (χ0) is 19.3. The summed E-state index contributed by atoms with van der Waals surface area (Å²) < 4.78 is 5.48. The number of fused-ring (bicyclic) bond motifs is 1. The Morgan fingerprint density at radius 2 is 1.21 bits per heavy atom. The van der Waals surface area contributed by atoms with Crippen LogP contribution in [0.5, 0.6) is 0 Å². The zero-order valence-electron chi connectivity index (χ0n) is 15.2. The standard InChI is InChI=1S/C25H18O3/c26-24(19-8-2-1-3-9-19)20-13-15-21(16-14-20)25(27)28-17-22-11-6-10-18-7-4-5-12-23(18)22/h1-16H,17H2. The molecule has 4 aromatic carbocycles. The van der Waals surface area contributed by atoms with Crippen LogP contribution in [-0.2, 0) is 11.3 Å². The van der Waals surface area contributed by atoms with Gasteiger partial charge < -0.3 is 4.74 Å². The maximum Gasteiger partial charge on any atom is 0.338 e. The third-order valence-electron chi connectivity index (χ3n) is 4.66. The van der Waals surface area contributed by atoms with Crippen molar-refractivity contribution < 1.29 is 14.3 Å². The summed E-state index contributed by atoms with van der Waals surface area (Å²) in [5.41, 5.74) is 2.54. The van der Waals surface area contributed by atoms with Crippen LogP contribution in [0.25, 0.3) is 10.8 Å². The summed E-state index contributed by atoms with van der Waals surface area (Å²) in [4.78, 5) is 24.8. The first-order valence-corrected chi connectivity index (χ1v) is 9.06. The first-order valence-electron chi connectivity index (χ1n) is 9.06. The molecule has 0 aliphatic carbocycles. The van der Waals surface area contributed by atoms with E-state index in [1.165, 1.54) is 0 Å². The lowest BCUT2D eigenvalue weighted by Crippen LogP contribution is -2.07. The van der Waals surface area contributed by atoms with Crippen molar-refractivity contribution in [3.63, 3.8) is 0 Å². The second kappa shape index (κ2) is 7.89. The number of ketones is 1. The normalized spacial score (nSPS) is 10.6. The third kappa shape index (κ3) is 3.69. The molecule has 0 saturated heterocycles. The third-order valence-corrected chi connectivity index (χ3v) is 4.66. The number of esters is 1. The molecule has 0 amide bonds. The number of hydrogen-bond acceptors (Lipinski definition) is 3. The molecule has 3 nitrogen and oxygen atoms in total. The highest BCUT2D eigenvalue weighted by Crippen LogP contribution is 2.20. The monoisotopic (exact) mass is 366 g/mol. The Morgan fingerprint density at radius 1 is 0.607 bits per heavy atom. The molecule has 0 bridgehead atoms. The molecular weight excluding hydrogens is 348 g/mol. The predicted octanol–water partition coefficient (Wildman–Crippen LogP) is 5.43. The van der Waals surface area contributed by atoms with Crippen molar-refractivity contribution in [2.24, 2.45) is 0 Å². The van der Waals surface area contributed by atoms with Gasteiger partial charge in [0, 0.05) is 11.1 Å². The molecule has 0 heterocycles. The second-order valence-corrected chi connectivity index (χ2v) is 6.49. The minimum atomic E-state index is -0.411. The van der Waals surface area contributed by atoms with Crippen LogP contribution < -0.4 is 0 Å². The van der Waals surface area contributed by atoms with Gasteiger partial charge in [-0.1, -0.05) is 84.9 Å². The average molecular weight is 366 g/mol. The van der Waals surface area contributed by atoms with E-state index >= 15 is 0 Å². The van der Waals surface area contributed by atoms with Crippen LogP contribution in [0.15, 0.2) is 97.1 Å². The van der Waals surface area contributed by atoms with Gasteiger partial charge in [-0.25, -0.2) is 4.79 Å². The minimum Gasteiger partial charge on any atom is -0.457 e. The quantitative estimate of drug-likeness (QED) is 0.349. The number of carbonyl (C=O) groups excluding carboxylic acids is 2. The SMILES string of the molecule is O=C(OCc1cccc2ccccc12)c1ccc(C(=O)c2ccccc2)cc1. The van der Waals surface area contributed by atoms with Gasteiger partial charge in [-0.15, -0.1) is 0 Å². The van der Waals surface area contributed by atoms with E-state index in [4.69, 9.17) is 4.74 Å². The van der Waals surface area contributed by atoms with E-state index in [2.05, 4.69) is 0 Å². The number of rotatable bonds is 5. The Bertz CT molecular complexity index is 1120. The van der Waals surface area contributed by atoms with Gasteiger partial charge in [0.15, 0.2) is 5.78 Å². The van der Waals surface area contributed by atoms with Gasteiger partial charge in [0.05, 0.1) is 5.56 Å². The Kier molecular flexibility index (Phi) is 4.98. The summed E-state index contributed by atoms with van der Waals surface area (Å²) in [6.45, 7) is 0.199. The van der Waals surface area contributed by atoms with E-state index in [9.17, 15) is 9.59 Å². The van der Waals surface area contributed by atoms with Crippen molar-refractivity contribution in [1.29, 1.82) is 0 Å². The van der Waals surface area contributed by atoms with E-state index in [0.29, 0.717) is 16.7 Å². The first-order chi connectivity index (χ1) is 13.7. The summed E-state index contributed by atoms with van der Waals surface area (Å²) in [6.07, 6.45) is 0. The van der Waals surface area contributed by atoms with E-state index in [1.54, 1.807) is 36.4 Å². The largest absolute Gasteiger partial charge is 0.457 e. The zero-order valence-corrected chi connectivity index (χ0v) is 15.2. The van der Waals surface area contributed by atoms with Gasteiger partial charge in [0.2, 0.25) is 0 Å². The van der Waals surface area contributed by atoms with Crippen LogP contribution in [0.1, 0.15) is 31.8 Å². The molecule has 3 heteroatoms. The Labute approximate surface area is 163 Å². The summed E-state index contributed by atoms with van der Waals surface area (Å²) in [5.74, 6) is -0.483. The highest BCUT2D eigenvalue weighted by Gasteiger charge is 2.12. The number of benzene rings is 4. The highest BCUT2D eigenvalue weighted by molar-refractivity contribution is 6.09. The van der Waals surface area contributed by atoms with Crippen LogP contribution in [-0.4, -0.2) is 11.8 Å². The fourth-order valence-corrected chi connectivity index (χ4v) is 3.16. The van der Waals surface area contributed by atoms with E-state index in [1.807, 2.05) is 60.7 Å². The minimum absolute atomic E-state index is 0.0729. The van der Waals surface area contributed by atoms with E-state index < -0.39 is 5.97 Å². The van der Waals surface area contributed by atoms with Crippen molar-refractivity contribution in [2.45, 2.75) is 6.61 Å². The summed E-state index contributed by atoms with van der Waals surface area (Å²) in [6, 6.07) is 29.6. The summed E-state index contributed by atoms with van der Waals surface area (Å²) in [7, 11) is 0. The van der Waals surface area contributed by atoms with Crippen molar-refractivity contribution in [1.82, 2.24) is 0 Å². The molecule has 0 aliphatic rings. The number of hydrogen-bond donors (Lipinski definition) is 0. The summed E-state index contributed by atoms with van der Waals surface area (Å²) >= 11 is 0. The molecule has 0 unspecified atom stereocenters. The molecule has 0 spiro atoms. The van der Waals surface area contributed by atoms with Gasteiger partial charge >= 0.3 is 5.97 Å². The van der Waals surface area contributed by atoms with E-state index in [-0.39, 0.29) is 12.4 Å². The second-order valence-electron chi connectivity index (χ2n) is 6.49. The van der Waals surface area contributed by atoms with Crippen LogP contribution in [0.4, 0.5) is 0 Å². The maximum absolute atomic E-state index is 12.4. The molecular formula is C25H18O3. The van der Waals surface area contributed by atoms with Gasteiger partial charge in [-0.3, -0.25) is 4.79 Å². The fourth-order valence-electron chi connectivity index (χ4n) is 3.16. The van der Waals surface area contributed by atoms with Crippen molar-refractivity contribution >= 4 is 22.5 Å². The van der Waals surface area contributed by atoms with Crippen LogP contribution >= 0.6 is 0 Å². The molecule has 0 radical (unpaired) electrons. The smallest absolute Gasteiger partial charge is 0.338 e. The van der Waals surface area contributed by atoms with E-state index in [0.717, 1.165) is 16.3 Å². The highest BCUT2D eigenvalue weighted by atomic mass is 16.5. The molecule has 0 atom stereocenters. The lowest BCUT2D eigenvalue weighted by atomic mass is 10.0. The lowest BCUT2D eigenvalue weighted by molar-refractivity contribution is 0.0474. The topological polar surface area (TPSA) is 43.4 Å². The molecule has 4 rings (SSSR count). The van der Waals surface area contributed by atoms with Crippen molar-refractivity contribution in [2.75, 3.05) is 0 Å². The van der Waals surface area contributed by atoms with Crippen molar-refractivity contribution in [3.05, 3.63) is 119 Å². The number of carbonyl (C=O) groups is 2. The van der Waals surface area contributed by atoms with Crippen LogP contribution in [0.2, 0.25) is 0 Å². The first kappa shape index (κ1) is 17.7. The van der Waals surface area contributed by atoms with Gasteiger partial charge in [-0.05, 0) is 28.5 Å². The van der Waals surface area contributed by atoms with Gasteiger partial charge in [-0.2, -0.15) is 0 Å². The predicted molar refractivity (Wildman–Crippen MR) is 109 cm³/mol. The summed E-state index contributed by atoms with van der Waals surface area (Å²) in [5, 5.41) is 2.18. The molecule has 0 fully saturated rings. The fraction of sp³-hybridized carbons (Fsp3) is 0.0400. The molecule has 0 aromatic heterocycles. The number of ether oxygens (including phenoxy) is 1. The van der Waals surface area contributed by atoms with Crippen molar-refractivity contribution in [3.8, 4) is 0 Å². The molecule has 0 aliphatic heterocycles. The van der Waals surface area contributed by atoms with Gasteiger partial charge in [0.1, 0.15) is 6.61 Å². The Balaban J connectivity index is 1.46. The molecule has 28 heavy (non-hydrogen) atoms. The molecule has 4 aromatic rings. The van der Waals surface area contributed by atoms with Gasteiger partial charge in [0.25, 0.3) is 0 Å². The van der Waals surface area contributed by atoms with Crippen LogP contribution in [0.3, 0.4) is 0 Å². The Hall–Kier alpha value is -3.72. The molecule has 0 saturated carbocycles. The lowest BCUT2D eigenvalue weighted by Gasteiger charge is -2.08.